The van der Waals surface area contributed by atoms with E-state index >= 15 is 0 Å². The van der Waals surface area contributed by atoms with Crippen molar-refractivity contribution in [2.24, 2.45) is 0 Å². The summed E-state index contributed by atoms with van der Waals surface area (Å²) >= 11 is 5.95. The molecule has 0 amide bonds. The van der Waals surface area contributed by atoms with Crippen LogP contribution in [-0.2, 0) is 0 Å². The fraction of sp³-hybridized carbons (Fsp3) is 0.600. The molecule has 16 heavy (non-hydrogen) atoms. The van der Waals surface area contributed by atoms with Crippen LogP contribution >= 0.6 is 11.6 Å². The summed E-state index contributed by atoms with van der Waals surface area (Å²) in [6.07, 6.45) is 3.71. The molecule has 1 N–H and O–H groups in total. The summed E-state index contributed by atoms with van der Waals surface area (Å²) in [6.45, 7) is 1.86. The Bertz CT molecular complexity index is 356. The second-order valence-corrected chi connectivity index (χ2v) is 4.00. The van der Waals surface area contributed by atoms with E-state index in [0.29, 0.717) is 10.9 Å². The lowest BCUT2D eigenvalue weighted by molar-refractivity contribution is 0.158. The highest BCUT2D eigenvalue weighted by molar-refractivity contribution is 6.31. The number of rotatable bonds is 3. The van der Waals surface area contributed by atoms with Crippen LogP contribution in [0.5, 0.6) is 11.9 Å². The Kier molecular flexibility index (Phi) is 3.79. The Morgan fingerprint density at radius 1 is 1.56 bits per heavy atom. The van der Waals surface area contributed by atoms with Crippen molar-refractivity contribution in [1.82, 2.24) is 15.3 Å². The summed E-state index contributed by atoms with van der Waals surface area (Å²) in [5, 5.41) is 3.67. The highest BCUT2D eigenvalue weighted by atomic mass is 35.5. The maximum absolute atomic E-state index is 5.95. The number of ether oxygens (including phenoxy) is 2. The molecule has 0 aromatic carbocycles. The smallest absolute Gasteiger partial charge is 0.319 e. The van der Waals surface area contributed by atoms with E-state index in [9.17, 15) is 0 Å². The Balaban J connectivity index is 2.06. The van der Waals surface area contributed by atoms with Crippen LogP contribution in [0.1, 0.15) is 12.8 Å². The van der Waals surface area contributed by atoms with Crippen molar-refractivity contribution in [3.63, 3.8) is 0 Å². The van der Waals surface area contributed by atoms with Gasteiger partial charge in [-0.2, -0.15) is 4.98 Å². The maximum Gasteiger partial charge on any atom is 0.319 e. The van der Waals surface area contributed by atoms with Crippen molar-refractivity contribution < 1.29 is 9.47 Å². The summed E-state index contributed by atoms with van der Waals surface area (Å²) in [5.41, 5.74) is 0. The molecule has 0 aliphatic carbocycles. The van der Waals surface area contributed by atoms with Gasteiger partial charge in [0, 0.05) is 6.54 Å². The quantitative estimate of drug-likeness (QED) is 0.867. The van der Waals surface area contributed by atoms with Gasteiger partial charge in [0.25, 0.3) is 0 Å². The Morgan fingerprint density at radius 2 is 2.44 bits per heavy atom. The summed E-state index contributed by atoms with van der Waals surface area (Å²) in [4.78, 5) is 7.96. The molecule has 0 radical (unpaired) electrons. The van der Waals surface area contributed by atoms with Crippen LogP contribution in [0.25, 0.3) is 0 Å². The fourth-order valence-corrected chi connectivity index (χ4v) is 1.73. The minimum atomic E-state index is 0.117. The molecule has 5 nitrogen and oxygen atoms in total. The number of nitrogens with one attached hydrogen (secondary N) is 1. The molecule has 88 valence electrons. The van der Waals surface area contributed by atoms with Gasteiger partial charge in [-0.3, -0.25) is 0 Å². The molecule has 1 aliphatic heterocycles. The summed E-state index contributed by atoms with van der Waals surface area (Å²) in [7, 11) is 1.51. The molecule has 6 heteroatoms. The Hall–Kier alpha value is -1.07. The lowest BCUT2D eigenvalue weighted by atomic mass is 10.1. The molecular formula is C10H14ClN3O2. The van der Waals surface area contributed by atoms with Gasteiger partial charge in [-0.05, 0) is 19.4 Å². The third-order valence-corrected chi connectivity index (χ3v) is 2.66. The van der Waals surface area contributed by atoms with E-state index in [1.165, 1.54) is 13.3 Å². The zero-order valence-electron chi connectivity index (χ0n) is 9.07. The van der Waals surface area contributed by atoms with Gasteiger partial charge in [-0.1, -0.05) is 11.6 Å². The van der Waals surface area contributed by atoms with Crippen molar-refractivity contribution in [3.05, 3.63) is 11.2 Å². The Labute approximate surface area is 99.1 Å². The standard InChI is InChI=1S/C10H14ClN3O2/c1-15-10-13-6-8(11)9(14-10)16-7-3-2-4-12-5-7/h6-7,12H,2-5H2,1H3/t7-/m0/s1. The zero-order valence-corrected chi connectivity index (χ0v) is 9.83. The largest absolute Gasteiger partial charge is 0.472 e. The molecule has 0 saturated carbocycles. The van der Waals surface area contributed by atoms with E-state index in [1.54, 1.807) is 0 Å². The zero-order chi connectivity index (χ0) is 11.4. The summed E-state index contributed by atoms with van der Waals surface area (Å²) in [6, 6.07) is 0.267. The second-order valence-electron chi connectivity index (χ2n) is 3.60. The van der Waals surface area contributed by atoms with E-state index in [2.05, 4.69) is 15.3 Å². The monoisotopic (exact) mass is 243 g/mol. The van der Waals surface area contributed by atoms with Crippen LogP contribution in [-0.4, -0.2) is 36.3 Å². The number of hydrogen-bond donors (Lipinski definition) is 1. The predicted octanol–water partition coefficient (Wildman–Crippen LogP) is 1.27. The maximum atomic E-state index is 5.95. The van der Waals surface area contributed by atoms with Crippen molar-refractivity contribution >= 4 is 11.6 Å². The van der Waals surface area contributed by atoms with Gasteiger partial charge in [-0.25, -0.2) is 4.98 Å². The normalized spacial score (nSPS) is 20.5. The first-order valence-corrected chi connectivity index (χ1v) is 5.61. The third-order valence-electron chi connectivity index (χ3n) is 2.40. The molecule has 1 saturated heterocycles. The number of halogens is 1. The second kappa shape index (κ2) is 5.32. The molecule has 1 fully saturated rings. The first kappa shape index (κ1) is 11.4. The SMILES string of the molecule is COc1ncc(Cl)c(O[C@H]2CCCNC2)n1. The van der Waals surface area contributed by atoms with Crippen LogP contribution in [0.2, 0.25) is 5.02 Å². The number of hydrogen-bond acceptors (Lipinski definition) is 5. The summed E-state index contributed by atoms with van der Waals surface area (Å²) in [5.74, 6) is 0.391. The number of methoxy groups -OCH3 is 1. The first-order chi connectivity index (χ1) is 7.79. The van der Waals surface area contributed by atoms with E-state index in [1.807, 2.05) is 0 Å². The van der Waals surface area contributed by atoms with Crippen molar-refractivity contribution in [2.45, 2.75) is 18.9 Å². The minimum Gasteiger partial charge on any atom is -0.472 e. The van der Waals surface area contributed by atoms with Gasteiger partial charge < -0.3 is 14.8 Å². The van der Waals surface area contributed by atoms with Gasteiger partial charge in [0.2, 0.25) is 5.88 Å². The van der Waals surface area contributed by atoms with E-state index < -0.39 is 0 Å². The van der Waals surface area contributed by atoms with E-state index in [0.717, 1.165) is 25.9 Å². The molecule has 2 heterocycles. The van der Waals surface area contributed by atoms with Gasteiger partial charge in [-0.15, -0.1) is 0 Å². The van der Waals surface area contributed by atoms with Gasteiger partial charge in [0.05, 0.1) is 13.3 Å². The molecule has 0 spiro atoms. The van der Waals surface area contributed by atoms with Crippen LogP contribution < -0.4 is 14.8 Å². The minimum absolute atomic E-state index is 0.117. The molecule has 1 aromatic rings. The molecule has 1 aliphatic rings. The van der Waals surface area contributed by atoms with Crippen LogP contribution in [0.3, 0.4) is 0 Å². The average Bonchev–Trinajstić information content (AvgIpc) is 2.33. The van der Waals surface area contributed by atoms with Gasteiger partial charge in [0.15, 0.2) is 0 Å². The molecule has 0 unspecified atom stereocenters. The highest BCUT2D eigenvalue weighted by Crippen LogP contribution is 2.24. The van der Waals surface area contributed by atoms with Gasteiger partial charge in [0.1, 0.15) is 11.1 Å². The third kappa shape index (κ3) is 2.74. The van der Waals surface area contributed by atoms with Crippen molar-refractivity contribution in [2.75, 3.05) is 20.2 Å². The summed E-state index contributed by atoms with van der Waals surface area (Å²) < 4.78 is 10.6. The van der Waals surface area contributed by atoms with Crippen LogP contribution in [0, 0.1) is 0 Å². The molecule has 1 atom stereocenters. The Morgan fingerprint density at radius 3 is 3.12 bits per heavy atom. The molecule has 2 rings (SSSR count). The first-order valence-electron chi connectivity index (χ1n) is 5.23. The number of piperidine rings is 1. The van der Waals surface area contributed by atoms with Crippen LogP contribution in [0.15, 0.2) is 6.20 Å². The van der Waals surface area contributed by atoms with Crippen molar-refractivity contribution in [3.8, 4) is 11.9 Å². The lowest BCUT2D eigenvalue weighted by Gasteiger charge is -2.23. The van der Waals surface area contributed by atoms with E-state index in [4.69, 9.17) is 21.1 Å². The fourth-order valence-electron chi connectivity index (χ4n) is 1.60. The number of nitrogens with zero attached hydrogens (tertiary/aromatic N) is 2. The molecule has 0 bridgehead atoms. The number of aromatic nitrogens is 2. The highest BCUT2D eigenvalue weighted by Gasteiger charge is 2.17. The van der Waals surface area contributed by atoms with Crippen molar-refractivity contribution in [1.29, 1.82) is 0 Å². The lowest BCUT2D eigenvalue weighted by Crippen LogP contribution is -2.37. The predicted molar refractivity (Wildman–Crippen MR) is 60.1 cm³/mol. The topological polar surface area (TPSA) is 56.3 Å². The molecule has 1 aromatic heterocycles. The molecular weight excluding hydrogens is 230 g/mol. The van der Waals surface area contributed by atoms with E-state index in [-0.39, 0.29) is 12.1 Å². The van der Waals surface area contributed by atoms with Gasteiger partial charge >= 0.3 is 6.01 Å². The van der Waals surface area contributed by atoms with Crippen LogP contribution in [0.4, 0.5) is 0 Å². The average molecular weight is 244 g/mol.